The summed E-state index contributed by atoms with van der Waals surface area (Å²) < 4.78 is 5.36. The van der Waals surface area contributed by atoms with E-state index in [1.54, 1.807) is 6.20 Å². The molecular formula is C22H25N3O3. The number of pyridine rings is 1. The summed E-state index contributed by atoms with van der Waals surface area (Å²) in [5, 5.41) is 2.99. The number of carbonyl (C=O) groups is 2. The van der Waals surface area contributed by atoms with Gasteiger partial charge in [-0.15, -0.1) is 0 Å². The minimum atomic E-state index is -0.0887. The van der Waals surface area contributed by atoms with Crippen molar-refractivity contribution in [2.75, 3.05) is 24.7 Å². The molecule has 0 bridgehead atoms. The molecule has 2 atom stereocenters. The Morgan fingerprint density at radius 2 is 2.11 bits per heavy atom. The summed E-state index contributed by atoms with van der Waals surface area (Å²) in [6.45, 7) is 5.43. The van der Waals surface area contributed by atoms with Gasteiger partial charge in [-0.2, -0.15) is 0 Å². The van der Waals surface area contributed by atoms with Crippen LogP contribution in [0.15, 0.2) is 42.6 Å². The van der Waals surface area contributed by atoms with Crippen LogP contribution < -0.4 is 10.2 Å². The van der Waals surface area contributed by atoms with Gasteiger partial charge < -0.3 is 15.0 Å². The van der Waals surface area contributed by atoms with Crippen LogP contribution in [0.3, 0.4) is 0 Å². The van der Waals surface area contributed by atoms with E-state index in [0.717, 1.165) is 23.2 Å². The van der Waals surface area contributed by atoms with E-state index in [0.29, 0.717) is 24.8 Å². The van der Waals surface area contributed by atoms with Crippen molar-refractivity contribution in [1.82, 2.24) is 10.3 Å². The summed E-state index contributed by atoms with van der Waals surface area (Å²) in [5.74, 6) is 0.364. The monoisotopic (exact) mass is 379 g/mol. The first-order chi connectivity index (χ1) is 13.5. The van der Waals surface area contributed by atoms with Crippen molar-refractivity contribution in [2.24, 2.45) is 0 Å². The molecule has 2 unspecified atom stereocenters. The first kappa shape index (κ1) is 18.6. The van der Waals surface area contributed by atoms with Crippen LogP contribution in [-0.4, -0.2) is 42.6 Å². The number of anilines is 1. The zero-order chi connectivity index (χ0) is 19.7. The Morgan fingerprint density at radius 3 is 2.82 bits per heavy atom. The van der Waals surface area contributed by atoms with Crippen molar-refractivity contribution in [3.8, 4) is 0 Å². The SMILES string of the molecule is CC(C)c1ccc(C(=O)N2CC(CC3COCC(=O)N3)c3ccccc32)nc1. The van der Waals surface area contributed by atoms with Crippen LogP contribution in [0.25, 0.3) is 0 Å². The Balaban J connectivity index is 1.55. The fraction of sp³-hybridized carbons (Fsp3) is 0.409. The fourth-order valence-corrected chi connectivity index (χ4v) is 3.98. The molecule has 1 N–H and O–H groups in total. The van der Waals surface area contributed by atoms with Gasteiger partial charge in [0.15, 0.2) is 0 Å². The number of amides is 2. The van der Waals surface area contributed by atoms with Crippen LogP contribution in [0.1, 0.15) is 53.7 Å². The van der Waals surface area contributed by atoms with Gasteiger partial charge in [0.25, 0.3) is 5.91 Å². The third-order valence-corrected chi connectivity index (χ3v) is 5.47. The van der Waals surface area contributed by atoms with Crippen LogP contribution in [0.2, 0.25) is 0 Å². The molecule has 4 rings (SSSR count). The van der Waals surface area contributed by atoms with Crippen molar-refractivity contribution >= 4 is 17.5 Å². The average molecular weight is 379 g/mol. The minimum Gasteiger partial charge on any atom is -0.370 e. The van der Waals surface area contributed by atoms with Gasteiger partial charge in [-0.25, -0.2) is 0 Å². The first-order valence-electron chi connectivity index (χ1n) is 9.76. The molecule has 6 nitrogen and oxygen atoms in total. The van der Waals surface area contributed by atoms with Crippen LogP contribution >= 0.6 is 0 Å². The summed E-state index contributed by atoms with van der Waals surface area (Å²) in [6, 6.07) is 11.7. The van der Waals surface area contributed by atoms with Crippen molar-refractivity contribution in [3.63, 3.8) is 0 Å². The molecule has 2 amide bonds. The third kappa shape index (κ3) is 3.64. The van der Waals surface area contributed by atoms with Gasteiger partial charge in [0.2, 0.25) is 5.91 Å². The zero-order valence-electron chi connectivity index (χ0n) is 16.2. The van der Waals surface area contributed by atoms with Crippen LogP contribution in [0.4, 0.5) is 5.69 Å². The van der Waals surface area contributed by atoms with E-state index >= 15 is 0 Å². The van der Waals surface area contributed by atoms with Crippen molar-refractivity contribution in [2.45, 2.75) is 38.1 Å². The lowest BCUT2D eigenvalue weighted by atomic mass is 9.94. The summed E-state index contributed by atoms with van der Waals surface area (Å²) in [6.07, 6.45) is 2.53. The average Bonchev–Trinajstić information content (AvgIpc) is 3.06. The lowest BCUT2D eigenvalue weighted by Gasteiger charge is -2.26. The maximum atomic E-state index is 13.1. The molecule has 3 heterocycles. The second kappa shape index (κ2) is 7.72. The highest BCUT2D eigenvalue weighted by atomic mass is 16.5. The molecule has 2 aliphatic rings. The Morgan fingerprint density at radius 1 is 1.29 bits per heavy atom. The van der Waals surface area contributed by atoms with Gasteiger partial charge in [-0.1, -0.05) is 38.1 Å². The maximum absolute atomic E-state index is 13.1. The normalized spacial score (nSPS) is 21.5. The smallest absolute Gasteiger partial charge is 0.276 e. The number of morpholine rings is 1. The lowest BCUT2D eigenvalue weighted by Crippen LogP contribution is -2.46. The van der Waals surface area contributed by atoms with E-state index < -0.39 is 0 Å². The molecule has 0 radical (unpaired) electrons. The summed E-state index contributed by atoms with van der Waals surface area (Å²) in [4.78, 5) is 31.0. The summed E-state index contributed by atoms with van der Waals surface area (Å²) in [5.41, 5.74) is 3.63. The van der Waals surface area contributed by atoms with Crippen LogP contribution in [0.5, 0.6) is 0 Å². The second-order valence-corrected chi connectivity index (χ2v) is 7.82. The Hall–Kier alpha value is -2.73. The maximum Gasteiger partial charge on any atom is 0.276 e. The van der Waals surface area contributed by atoms with Crippen molar-refractivity contribution < 1.29 is 14.3 Å². The van der Waals surface area contributed by atoms with Crippen molar-refractivity contribution in [3.05, 3.63) is 59.4 Å². The molecule has 2 aromatic rings. The number of fused-ring (bicyclic) bond motifs is 1. The number of benzene rings is 1. The predicted octanol–water partition coefficient (Wildman–Crippen LogP) is 2.85. The minimum absolute atomic E-state index is 0.0298. The number of hydrogen-bond donors (Lipinski definition) is 1. The molecule has 0 saturated carbocycles. The lowest BCUT2D eigenvalue weighted by molar-refractivity contribution is -0.131. The number of aromatic nitrogens is 1. The van der Waals surface area contributed by atoms with Gasteiger partial charge in [0, 0.05) is 24.3 Å². The molecule has 28 heavy (non-hydrogen) atoms. The number of carbonyl (C=O) groups excluding carboxylic acids is 2. The molecule has 0 aliphatic carbocycles. The van der Waals surface area contributed by atoms with E-state index in [1.807, 2.05) is 35.2 Å². The van der Waals surface area contributed by atoms with Gasteiger partial charge >= 0.3 is 0 Å². The predicted molar refractivity (Wildman–Crippen MR) is 107 cm³/mol. The van der Waals surface area contributed by atoms with Crippen molar-refractivity contribution in [1.29, 1.82) is 0 Å². The highest BCUT2D eigenvalue weighted by Crippen LogP contribution is 2.39. The van der Waals surface area contributed by atoms with Gasteiger partial charge in [-0.3, -0.25) is 14.6 Å². The number of ether oxygens (including phenoxy) is 1. The highest BCUT2D eigenvalue weighted by Gasteiger charge is 2.35. The third-order valence-electron chi connectivity index (χ3n) is 5.47. The molecular weight excluding hydrogens is 354 g/mol. The van der Waals surface area contributed by atoms with E-state index in [-0.39, 0.29) is 30.4 Å². The number of nitrogens with zero attached hydrogens (tertiary/aromatic N) is 2. The van der Waals surface area contributed by atoms with Gasteiger partial charge in [-0.05, 0) is 35.6 Å². The standard InChI is InChI=1S/C22H25N3O3/c1-14(2)15-7-8-19(23-10-15)22(27)25-11-16(18-5-3-4-6-20(18)25)9-17-12-28-13-21(26)24-17/h3-8,10,14,16-17H,9,11-13H2,1-2H3,(H,24,26). The molecule has 2 aliphatic heterocycles. The van der Waals surface area contributed by atoms with E-state index in [9.17, 15) is 9.59 Å². The molecule has 1 fully saturated rings. The van der Waals surface area contributed by atoms with E-state index in [2.05, 4.69) is 30.2 Å². The first-order valence-corrected chi connectivity index (χ1v) is 9.76. The molecule has 1 aromatic carbocycles. The zero-order valence-corrected chi connectivity index (χ0v) is 16.2. The number of rotatable bonds is 4. The number of para-hydroxylation sites is 1. The largest absolute Gasteiger partial charge is 0.370 e. The topological polar surface area (TPSA) is 71.5 Å². The number of nitrogens with one attached hydrogen (secondary N) is 1. The summed E-state index contributed by atoms with van der Waals surface area (Å²) >= 11 is 0. The van der Waals surface area contributed by atoms with Gasteiger partial charge in [0.05, 0.1) is 12.6 Å². The molecule has 0 spiro atoms. The quantitative estimate of drug-likeness (QED) is 0.887. The summed E-state index contributed by atoms with van der Waals surface area (Å²) in [7, 11) is 0. The molecule has 146 valence electrons. The van der Waals surface area contributed by atoms with E-state index in [4.69, 9.17) is 4.74 Å². The van der Waals surface area contributed by atoms with E-state index in [1.165, 1.54) is 0 Å². The molecule has 1 aromatic heterocycles. The number of hydrogen-bond acceptors (Lipinski definition) is 4. The Kier molecular flexibility index (Phi) is 5.13. The van der Waals surface area contributed by atoms with Crippen LogP contribution in [-0.2, 0) is 9.53 Å². The Bertz CT molecular complexity index is 879. The fourth-order valence-electron chi connectivity index (χ4n) is 3.98. The van der Waals surface area contributed by atoms with Gasteiger partial charge in [0.1, 0.15) is 12.3 Å². The Labute approximate surface area is 164 Å². The van der Waals surface area contributed by atoms with Crippen LogP contribution in [0, 0.1) is 0 Å². The second-order valence-electron chi connectivity index (χ2n) is 7.82. The molecule has 6 heteroatoms. The highest BCUT2D eigenvalue weighted by molar-refractivity contribution is 6.06. The molecule has 1 saturated heterocycles.